The fraction of sp³-hybridized carbons (Fsp3) is 0.750. The van der Waals surface area contributed by atoms with E-state index < -0.39 is 0 Å². The molecule has 0 amide bonds. The molecule has 1 saturated heterocycles. The molecule has 94 valence electrons. The van der Waals surface area contributed by atoms with E-state index in [-0.39, 0.29) is 0 Å². The Labute approximate surface area is 108 Å². The van der Waals surface area contributed by atoms with Gasteiger partial charge in [-0.05, 0) is 37.5 Å². The lowest BCUT2D eigenvalue weighted by Gasteiger charge is -2.37. The number of hydrogen-bond donors (Lipinski definition) is 0. The smallest absolute Gasteiger partial charge is 0.104 e. The van der Waals surface area contributed by atoms with Crippen LogP contribution in [0.5, 0.6) is 0 Å². The lowest BCUT2D eigenvalue weighted by atomic mass is 9.35. The summed E-state index contributed by atoms with van der Waals surface area (Å²) in [5, 5.41) is 0. The number of unbranched alkanes of at least 4 members (excludes halogenated alkanes) is 2. The van der Waals surface area contributed by atoms with Gasteiger partial charge in [-0.2, -0.15) is 0 Å². The highest BCUT2D eigenvalue weighted by Gasteiger charge is 2.32. The Morgan fingerprint density at radius 2 is 2.29 bits per heavy atom. The summed E-state index contributed by atoms with van der Waals surface area (Å²) in [6, 6.07) is 0. The van der Waals surface area contributed by atoms with Gasteiger partial charge in [0.2, 0.25) is 0 Å². The molecule has 1 heteroatoms. The molecule has 2 bridgehead atoms. The first-order chi connectivity index (χ1) is 8.31. The second-order valence-electron chi connectivity index (χ2n) is 6.21. The lowest BCUT2D eigenvalue weighted by Crippen LogP contribution is -2.30. The van der Waals surface area contributed by atoms with E-state index in [1.54, 1.807) is 5.57 Å². The third-order valence-corrected chi connectivity index (χ3v) is 4.56. The molecule has 0 nitrogen and oxygen atoms in total. The second-order valence-corrected chi connectivity index (χ2v) is 6.21. The third kappa shape index (κ3) is 3.76. The predicted octanol–water partition coefficient (Wildman–Crippen LogP) is 5.21. The number of fused-ring (bicyclic) bond motifs is 2. The zero-order valence-corrected chi connectivity index (χ0v) is 11.5. The molecule has 2 aliphatic rings. The van der Waals surface area contributed by atoms with Gasteiger partial charge < -0.3 is 0 Å². The molecule has 0 aromatic heterocycles. The number of rotatable bonds is 6. The summed E-state index contributed by atoms with van der Waals surface area (Å²) < 4.78 is 0. The van der Waals surface area contributed by atoms with Gasteiger partial charge in [-0.15, -0.1) is 6.58 Å². The molecule has 1 aliphatic heterocycles. The predicted molar refractivity (Wildman–Crippen MR) is 78.8 cm³/mol. The molecule has 2 unspecified atom stereocenters. The first kappa shape index (κ1) is 13.0. The largest absolute Gasteiger partial charge is 0.144 e. The van der Waals surface area contributed by atoms with Gasteiger partial charge in [-0.3, -0.25) is 0 Å². The van der Waals surface area contributed by atoms with Gasteiger partial charge in [0.25, 0.3) is 0 Å². The molecule has 0 N–H and O–H groups in total. The molecule has 1 aliphatic carbocycles. The van der Waals surface area contributed by atoms with Crippen LogP contribution in [0.3, 0.4) is 0 Å². The minimum absolute atomic E-state index is 0.907. The van der Waals surface area contributed by atoms with Crippen LogP contribution < -0.4 is 0 Å². The first-order valence-electron chi connectivity index (χ1n) is 7.62. The van der Waals surface area contributed by atoms with E-state index in [9.17, 15) is 0 Å². The van der Waals surface area contributed by atoms with Crippen LogP contribution in [0.25, 0.3) is 0 Å². The quantitative estimate of drug-likeness (QED) is 0.333. The van der Waals surface area contributed by atoms with Crippen molar-refractivity contribution in [3.63, 3.8) is 0 Å². The van der Waals surface area contributed by atoms with Crippen LogP contribution in [0.2, 0.25) is 19.0 Å². The van der Waals surface area contributed by atoms with Gasteiger partial charge in [0.15, 0.2) is 0 Å². The van der Waals surface area contributed by atoms with Crippen molar-refractivity contribution in [1.29, 1.82) is 0 Å². The third-order valence-electron chi connectivity index (χ3n) is 4.56. The Balaban J connectivity index is 1.86. The highest BCUT2D eigenvalue weighted by atomic mass is 14.3. The van der Waals surface area contributed by atoms with Crippen LogP contribution in [0.15, 0.2) is 24.3 Å². The Morgan fingerprint density at radius 3 is 3.00 bits per heavy atom. The van der Waals surface area contributed by atoms with Crippen LogP contribution in [0.4, 0.5) is 0 Å². The molecule has 2 rings (SSSR count). The van der Waals surface area contributed by atoms with Crippen LogP contribution in [0.1, 0.15) is 45.4 Å². The van der Waals surface area contributed by atoms with Gasteiger partial charge in [0.1, 0.15) is 6.71 Å². The highest BCUT2D eigenvalue weighted by molar-refractivity contribution is 6.59. The van der Waals surface area contributed by atoms with Crippen molar-refractivity contribution < 1.29 is 0 Å². The van der Waals surface area contributed by atoms with Crippen molar-refractivity contribution in [2.75, 3.05) is 0 Å². The molecule has 0 aromatic carbocycles. The zero-order chi connectivity index (χ0) is 12.1. The van der Waals surface area contributed by atoms with Gasteiger partial charge in [0, 0.05) is 0 Å². The molecule has 0 spiro atoms. The standard InChI is InChI=1S/C16H27B/c1-3-5-6-7-14-9-15-11-16(10-14)13-17(12-15)8-4-2/h4,9,15-16H,2-3,5-8,10-13H2,1H3. The van der Waals surface area contributed by atoms with Gasteiger partial charge in [0.05, 0.1) is 0 Å². The fourth-order valence-electron chi connectivity index (χ4n) is 3.91. The molecule has 2 atom stereocenters. The fourth-order valence-corrected chi connectivity index (χ4v) is 3.91. The van der Waals surface area contributed by atoms with Crippen LogP contribution in [-0.4, -0.2) is 6.71 Å². The van der Waals surface area contributed by atoms with Gasteiger partial charge >= 0.3 is 0 Å². The van der Waals surface area contributed by atoms with Gasteiger partial charge in [-0.25, -0.2) is 0 Å². The Bertz CT molecular complexity index is 279. The maximum absolute atomic E-state index is 3.90. The highest BCUT2D eigenvalue weighted by Crippen LogP contribution is 2.41. The average molecular weight is 230 g/mol. The summed E-state index contributed by atoms with van der Waals surface area (Å²) in [5.41, 5.74) is 1.79. The first-order valence-corrected chi connectivity index (χ1v) is 7.62. The van der Waals surface area contributed by atoms with E-state index in [1.165, 1.54) is 57.5 Å². The minimum atomic E-state index is 0.907. The summed E-state index contributed by atoms with van der Waals surface area (Å²) in [6.07, 6.45) is 17.3. The van der Waals surface area contributed by atoms with E-state index in [1.807, 2.05) is 0 Å². The average Bonchev–Trinajstić information content (AvgIpc) is 2.28. The second kappa shape index (κ2) is 6.47. The van der Waals surface area contributed by atoms with E-state index >= 15 is 0 Å². The molecule has 17 heavy (non-hydrogen) atoms. The molecule has 0 saturated carbocycles. The van der Waals surface area contributed by atoms with Gasteiger partial charge in [-0.1, -0.05) is 56.5 Å². The van der Waals surface area contributed by atoms with Crippen molar-refractivity contribution in [3.05, 3.63) is 24.3 Å². The SMILES string of the molecule is C=CCB1CC2C=C(CCCCC)CC(C1)C2. The summed E-state index contributed by atoms with van der Waals surface area (Å²) in [7, 11) is 0. The summed E-state index contributed by atoms with van der Waals surface area (Å²) in [5.74, 6) is 1.91. The van der Waals surface area contributed by atoms with E-state index in [0.29, 0.717) is 0 Å². The van der Waals surface area contributed by atoms with Crippen molar-refractivity contribution >= 4 is 6.71 Å². The van der Waals surface area contributed by atoms with E-state index in [4.69, 9.17) is 0 Å². The summed E-state index contributed by atoms with van der Waals surface area (Å²) in [6.45, 7) is 7.13. The molecule has 0 radical (unpaired) electrons. The van der Waals surface area contributed by atoms with Crippen molar-refractivity contribution in [2.45, 2.75) is 64.4 Å². The topological polar surface area (TPSA) is 0 Å². The van der Waals surface area contributed by atoms with Crippen LogP contribution in [0, 0.1) is 11.8 Å². The molecular weight excluding hydrogens is 203 g/mol. The van der Waals surface area contributed by atoms with Crippen LogP contribution in [-0.2, 0) is 0 Å². The normalized spacial score (nSPS) is 27.8. The van der Waals surface area contributed by atoms with E-state index in [2.05, 4.69) is 25.7 Å². The van der Waals surface area contributed by atoms with E-state index in [0.717, 1.165) is 18.5 Å². The monoisotopic (exact) mass is 230 g/mol. The maximum atomic E-state index is 3.90. The van der Waals surface area contributed by atoms with Crippen LogP contribution >= 0.6 is 0 Å². The summed E-state index contributed by atoms with van der Waals surface area (Å²) in [4.78, 5) is 0. The Hall–Kier alpha value is -0.455. The number of allylic oxidation sites excluding steroid dienone is 3. The van der Waals surface area contributed by atoms with Crippen molar-refractivity contribution in [1.82, 2.24) is 0 Å². The zero-order valence-electron chi connectivity index (χ0n) is 11.5. The molecule has 0 aromatic rings. The Kier molecular flexibility index (Phi) is 4.94. The lowest BCUT2D eigenvalue weighted by molar-refractivity contribution is 0.401. The molecule has 1 fully saturated rings. The summed E-state index contributed by atoms with van der Waals surface area (Å²) >= 11 is 0. The van der Waals surface area contributed by atoms with Crippen molar-refractivity contribution in [3.8, 4) is 0 Å². The van der Waals surface area contributed by atoms with Crippen molar-refractivity contribution in [2.24, 2.45) is 11.8 Å². The number of hydrogen-bond acceptors (Lipinski definition) is 0. The Morgan fingerprint density at radius 1 is 1.41 bits per heavy atom. The minimum Gasteiger partial charge on any atom is -0.104 e. The molecular formula is C16H27B. The maximum Gasteiger partial charge on any atom is 0.144 e. The molecule has 1 heterocycles.